The number of thioether (sulfide) groups is 1. The molecule has 0 bridgehead atoms. The van der Waals surface area contributed by atoms with Crippen LogP contribution in [0.15, 0.2) is 5.16 Å². The van der Waals surface area contributed by atoms with Gasteiger partial charge in [0.05, 0.1) is 19.8 Å². The molecule has 0 amide bonds. The predicted octanol–water partition coefficient (Wildman–Crippen LogP) is 3.10. The molecule has 1 aromatic heterocycles. The van der Waals surface area contributed by atoms with Crippen LogP contribution in [0.1, 0.15) is 49.9 Å². The van der Waals surface area contributed by atoms with Gasteiger partial charge in [-0.3, -0.25) is 4.79 Å². The molecule has 0 N–H and O–H groups in total. The minimum atomic E-state index is 0.415. The Bertz CT molecular complexity index is 462. The van der Waals surface area contributed by atoms with Gasteiger partial charge in [0.1, 0.15) is 17.2 Å². The fourth-order valence-electron chi connectivity index (χ4n) is 3.11. The van der Waals surface area contributed by atoms with Gasteiger partial charge in [-0.1, -0.05) is 32.1 Å². The van der Waals surface area contributed by atoms with Crippen LogP contribution in [0.4, 0.5) is 0 Å². The Labute approximate surface area is 126 Å². The third kappa shape index (κ3) is 3.46. The molecule has 0 aliphatic heterocycles. The predicted molar refractivity (Wildman–Crippen MR) is 83.0 cm³/mol. The molecule has 1 saturated carbocycles. The first-order chi connectivity index (χ1) is 9.50. The van der Waals surface area contributed by atoms with E-state index in [0.717, 1.165) is 6.42 Å². The molecule has 2 rings (SSSR count). The van der Waals surface area contributed by atoms with E-state index < -0.39 is 0 Å². The molecule has 1 heterocycles. The van der Waals surface area contributed by atoms with Crippen LogP contribution in [0, 0.1) is 19.8 Å². The van der Waals surface area contributed by atoms with Crippen molar-refractivity contribution in [1.82, 2.24) is 4.57 Å². The summed E-state index contributed by atoms with van der Waals surface area (Å²) in [6, 6.07) is 0. The van der Waals surface area contributed by atoms with E-state index in [-0.39, 0.29) is 0 Å². The maximum Gasteiger partial charge on any atom is 0.318 e. The van der Waals surface area contributed by atoms with Crippen molar-refractivity contribution in [2.24, 2.45) is 20.0 Å². The number of nitrogens with zero attached hydrogens (tertiary/aromatic N) is 2. The van der Waals surface area contributed by atoms with Crippen LogP contribution < -0.4 is 4.57 Å². The molecular weight excluding hydrogens is 268 g/mol. The molecule has 1 aliphatic carbocycles. The van der Waals surface area contributed by atoms with Crippen molar-refractivity contribution in [3.8, 4) is 0 Å². The molecule has 0 unspecified atom stereocenters. The van der Waals surface area contributed by atoms with Crippen molar-refractivity contribution >= 4 is 17.5 Å². The molecular formula is C16H27N2OS+. The van der Waals surface area contributed by atoms with Gasteiger partial charge in [0.2, 0.25) is 0 Å². The standard InChI is InChI=1S/C16H27N2OS/c1-12-13(2)18(4)16(17(12)3)20-11-15(19)10-14-8-6-5-7-9-14/h14H,5-11H2,1-4H3/q+1. The molecule has 0 radical (unpaired) electrons. The molecule has 20 heavy (non-hydrogen) atoms. The van der Waals surface area contributed by atoms with E-state index in [9.17, 15) is 4.79 Å². The SMILES string of the molecule is Cc1c(C)[n+](C)c(SCC(=O)CC2CCCCC2)n1C. The Kier molecular flexibility index (Phi) is 5.30. The highest BCUT2D eigenvalue weighted by atomic mass is 32.2. The lowest BCUT2D eigenvalue weighted by Crippen LogP contribution is -2.32. The molecule has 0 aromatic carbocycles. The number of aromatic nitrogens is 2. The lowest BCUT2D eigenvalue weighted by Gasteiger charge is -2.20. The van der Waals surface area contributed by atoms with Crippen LogP contribution >= 0.6 is 11.8 Å². The maximum atomic E-state index is 12.2. The van der Waals surface area contributed by atoms with E-state index in [4.69, 9.17) is 0 Å². The summed E-state index contributed by atoms with van der Waals surface area (Å²) in [5.74, 6) is 1.68. The van der Waals surface area contributed by atoms with Gasteiger partial charge < -0.3 is 0 Å². The molecule has 0 atom stereocenters. The zero-order chi connectivity index (χ0) is 14.7. The Morgan fingerprint density at radius 3 is 2.50 bits per heavy atom. The van der Waals surface area contributed by atoms with Gasteiger partial charge in [0, 0.05) is 20.3 Å². The summed E-state index contributed by atoms with van der Waals surface area (Å²) in [6.45, 7) is 4.26. The quantitative estimate of drug-likeness (QED) is 0.616. The van der Waals surface area contributed by atoms with E-state index >= 15 is 0 Å². The van der Waals surface area contributed by atoms with Crippen LogP contribution in [0.3, 0.4) is 0 Å². The minimum Gasteiger partial charge on any atom is -0.299 e. The topological polar surface area (TPSA) is 25.9 Å². The van der Waals surface area contributed by atoms with Crippen LogP contribution in [0.2, 0.25) is 0 Å². The number of hydrogen-bond acceptors (Lipinski definition) is 2. The second kappa shape index (κ2) is 6.79. The van der Waals surface area contributed by atoms with E-state index in [2.05, 4.69) is 37.1 Å². The monoisotopic (exact) mass is 295 g/mol. The van der Waals surface area contributed by atoms with Crippen LogP contribution in [0.5, 0.6) is 0 Å². The van der Waals surface area contributed by atoms with E-state index in [1.54, 1.807) is 11.8 Å². The molecule has 112 valence electrons. The third-order valence-electron chi connectivity index (χ3n) is 4.71. The first-order valence-corrected chi connectivity index (χ1v) is 8.65. The maximum absolute atomic E-state index is 12.2. The number of imidazole rings is 1. The highest BCUT2D eigenvalue weighted by Gasteiger charge is 2.23. The average Bonchev–Trinajstić information content (AvgIpc) is 2.62. The summed E-state index contributed by atoms with van der Waals surface area (Å²) in [5.41, 5.74) is 2.55. The number of Topliss-reactive ketones (excluding diaryl/α,β-unsaturated/α-hetero) is 1. The van der Waals surface area contributed by atoms with Gasteiger partial charge in [0.25, 0.3) is 0 Å². The van der Waals surface area contributed by atoms with Crippen molar-refractivity contribution < 1.29 is 9.36 Å². The summed E-state index contributed by atoms with van der Waals surface area (Å²) in [5, 5.41) is 1.18. The average molecular weight is 295 g/mol. The number of rotatable bonds is 5. The zero-order valence-electron chi connectivity index (χ0n) is 13.2. The number of hydrogen-bond donors (Lipinski definition) is 0. The van der Waals surface area contributed by atoms with Gasteiger partial charge in [-0.25, -0.2) is 9.13 Å². The van der Waals surface area contributed by atoms with E-state index in [1.807, 2.05) is 0 Å². The first kappa shape index (κ1) is 15.6. The van der Waals surface area contributed by atoms with E-state index in [1.165, 1.54) is 48.6 Å². The Hall–Kier alpha value is -0.770. The third-order valence-corrected chi connectivity index (χ3v) is 5.98. The minimum absolute atomic E-state index is 0.415. The first-order valence-electron chi connectivity index (χ1n) is 7.67. The van der Waals surface area contributed by atoms with E-state index in [0.29, 0.717) is 17.5 Å². The summed E-state index contributed by atoms with van der Waals surface area (Å²) >= 11 is 1.68. The molecule has 1 fully saturated rings. The van der Waals surface area contributed by atoms with Crippen molar-refractivity contribution in [1.29, 1.82) is 0 Å². The Morgan fingerprint density at radius 1 is 1.30 bits per heavy atom. The molecule has 4 heteroatoms. The lowest BCUT2D eigenvalue weighted by atomic mass is 9.86. The molecule has 0 spiro atoms. The summed E-state index contributed by atoms with van der Waals surface area (Å²) in [6.07, 6.45) is 7.29. The van der Waals surface area contributed by atoms with Gasteiger partial charge in [-0.2, -0.15) is 0 Å². The highest BCUT2D eigenvalue weighted by Crippen LogP contribution is 2.27. The number of carbonyl (C=O) groups is 1. The Morgan fingerprint density at radius 2 is 1.95 bits per heavy atom. The molecule has 1 aromatic rings. The summed E-state index contributed by atoms with van der Waals surface area (Å²) in [4.78, 5) is 12.2. The second-order valence-corrected chi connectivity index (χ2v) is 7.05. The fourth-order valence-corrected chi connectivity index (χ4v) is 4.18. The largest absolute Gasteiger partial charge is 0.318 e. The van der Waals surface area contributed by atoms with Crippen LogP contribution in [0.25, 0.3) is 0 Å². The zero-order valence-corrected chi connectivity index (χ0v) is 14.1. The normalized spacial score (nSPS) is 16.6. The number of ketones is 1. The Balaban J connectivity index is 1.88. The highest BCUT2D eigenvalue weighted by molar-refractivity contribution is 7.99. The smallest absolute Gasteiger partial charge is 0.299 e. The fraction of sp³-hybridized carbons (Fsp3) is 0.750. The summed E-state index contributed by atoms with van der Waals surface area (Å²) < 4.78 is 4.38. The second-order valence-electron chi connectivity index (χ2n) is 6.11. The van der Waals surface area contributed by atoms with Gasteiger partial charge >= 0.3 is 5.16 Å². The van der Waals surface area contributed by atoms with Crippen LogP contribution in [-0.2, 0) is 18.9 Å². The van der Waals surface area contributed by atoms with Crippen LogP contribution in [-0.4, -0.2) is 16.1 Å². The molecule has 0 saturated heterocycles. The molecule has 1 aliphatic rings. The van der Waals surface area contributed by atoms with Gasteiger partial charge in [-0.15, -0.1) is 0 Å². The lowest BCUT2D eigenvalue weighted by molar-refractivity contribution is -0.715. The van der Waals surface area contributed by atoms with Gasteiger partial charge in [-0.05, 0) is 17.7 Å². The van der Waals surface area contributed by atoms with Crippen molar-refractivity contribution in [3.05, 3.63) is 11.4 Å². The number of carbonyl (C=O) groups excluding carboxylic acids is 1. The summed E-state index contributed by atoms with van der Waals surface area (Å²) in [7, 11) is 4.16. The van der Waals surface area contributed by atoms with Crippen molar-refractivity contribution in [3.63, 3.8) is 0 Å². The van der Waals surface area contributed by atoms with Crippen molar-refractivity contribution in [2.45, 2.75) is 57.5 Å². The molecule has 3 nitrogen and oxygen atoms in total. The van der Waals surface area contributed by atoms with Gasteiger partial charge in [0.15, 0.2) is 0 Å². The van der Waals surface area contributed by atoms with Crippen molar-refractivity contribution in [2.75, 3.05) is 5.75 Å².